The summed E-state index contributed by atoms with van der Waals surface area (Å²) in [7, 11) is 1.56. The zero-order valence-electron chi connectivity index (χ0n) is 8.53. The first-order valence-corrected chi connectivity index (χ1v) is 4.21. The van der Waals surface area contributed by atoms with Crippen LogP contribution in [0.1, 0.15) is 13.8 Å². The second-order valence-electron chi connectivity index (χ2n) is 3.57. The highest BCUT2D eigenvalue weighted by molar-refractivity contribution is 5.85. The van der Waals surface area contributed by atoms with Gasteiger partial charge in [0, 0.05) is 0 Å². The molecule has 0 aliphatic heterocycles. The number of alkyl halides is 2. The van der Waals surface area contributed by atoms with Crippen molar-refractivity contribution in [3.05, 3.63) is 0 Å². The number of amides is 1. The predicted molar refractivity (Wildman–Crippen MR) is 48.2 cm³/mol. The first kappa shape index (κ1) is 13.2. The molecule has 0 aromatic carbocycles. The van der Waals surface area contributed by atoms with Crippen LogP contribution in [0.3, 0.4) is 0 Å². The molecule has 0 unspecified atom stereocenters. The molecule has 14 heavy (non-hydrogen) atoms. The number of hydrogen-bond donors (Lipinski definition) is 3. The van der Waals surface area contributed by atoms with E-state index >= 15 is 0 Å². The lowest BCUT2D eigenvalue weighted by Crippen LogP contribution is -2.53. The van der Waals surface area contributed by atoms with E-state index in [1.807, 2.05) is 0 Å². The van der Waals surface area contributed by atoms with Crippen molar-refractivity contribution >= 4 is 5.91 Å². The highest BCUT2D eigenvalue weighted by atomic mass is 19.3. The molecule has 0 saturated heterocycles. The lowest BCUT2D eigenvalue weighted by Gasteiger charge is -2.24. The quantitative estimate of drug-likeness (QED) is 0.585. The van der Waals surface area contributed by atoms with E-state index in [1.54, 1.807) is 20.9 Å². The summed E-state index contributed by atoms with van der Waals surface area (Å²) >= 11 is 0. The molecular weight excluding hydrogens is 194 g/mol. The molecule has 0 aromatic heterocycles. The van der Waals surface area contributed by atoms with Gasteiger partial charge in [-0.05, 0) is 20.9 Å². The number of carbonyl (C=O) groups excluding carboxylic acids is 1. The van der Waals surface area contributed by atoms with Gasteiger partial charge in [0.25, 0.3) is 5.92 Å². The molecule has 1 amide bonds. The van der Waals surface area contributed by atoms with E-state index in [0.717, 1.165) is 0 Å². The number of nitrogens with one attached hydrogen (secondary N) is 2. The number of halogens is 2. The van der Waals surface area contributed by atoms with Crippen molar-refractivity contribution in [3.63, 3.8) is 0 Å². The number of aliphatic hydroxyl groups excluding tert-OH is 1. The van der Waals surface area contributed by atoms with Crippen molar-refractivity contribution in [1.29, 1.82) is 0 Å². The van der Waals surface area contributed by atoms with Crippen molar-refractivity contribution in [2.45, 2.75) is 25.3 Å². The van der Waals surface area contributed by atoms with Crippen LogP contribution in [0.15, 0.2) is 0 Å². The Balaban J connectivity index is 4.10. The average molecular weight is 210 g/mol. The SMILES string of the molecule is CNC(C)(C)C(=O)NCC(F)(F)CO. The van der Waals surface area contributed by atoms with Crippen LogP contribution in [0.2, 0.25) is 0 Å². The van der Waals surface area contributed by atoms with E-state index in [4.69, 9.17) is 5.11 Å². The lowest BCUT2D eigenvalue weighted by atomic mass is 10.1. The summed E-state index contributed by atoms with van der Waals surface area (Å²) in [6, 6.07) is 0. The first-order chi connectivity index (χ1) is 6.25. The molecule has 0 radical (unpaired) electrons. The Bertz CT molecular complexity index is 208. The fraction of sp³-hybridized carbons (Fsp3) is 0.875. The van der Waals surface area contributed by atoms with Crippen molar-refractivity contribution in [2.24, 2.45) is 0 Å². The third-order valence-corrected chi connectivity index (χ3v) is 1.93. The molecule has 0 rings (SSSR count). The highest BCUT2D eigenvalue weighted by Crippen LogP contribution is 2.10. The summed E-state index contributed by atoms with van der Waals surface area (Å²) in [5, 5.41) is 13.0. The highest BCUT2D eigenvalue weighted by Gasteiger charge is 2.31. The van der Waals surface area contributed by atoms with Crippen LogP contribution >= 0.6 is 0 Å². The molecule has 3 N–H and O–H groups in total. The Kier molecular flexibility index (Phi) is 4.41. The van der Waals surface area contributed by atoms with E-state index in [2.05, 4.69) is 10.6 Å². The van der Waals surface area contributed by atoms with Gasteiger partial charge in [0.15, 0.2) is 0 Å². The van der Waals surface area contributed by atoms with Gasteiger partial charge in [0.1, 0.15) is 6.61 Å². The molecule has 0 atom stereocenters. The minimum Gasteiger partial charge on any atom is -0.390 e. The second kappa shape index (κ2) is 4.65. The van der Waals surface area contributed by atoms with Gasteiger partial charge in [0.05, 0.1) is 12.1 Å². The Morgan fingerprint density at radius 2 is 1.93 bits per heavy atom. The molecule has 84 valence electrons. The first-order valence-electron chi connectivity index (χ1n) is 4.21. The van der Waals surface area contributed by atoms with Gasteiger partial charge in [-0.2, -0.15) is 0 Å². The molecule has 0 bridgehead atoms. The van der Waals surface area contributed by atoms with Crippen molar-refractivity contribution < 1.29 is 18.7 Å². The molecule has 4 nitrogen and oxygen atoms in total. The molecule has 0 aliphatic rings. The standard InChI is InChI=1S/C8H16F2N2O2/c1-7(2,11-3)6(14)12-4-8(9,10)5-13/h11,13H,4-5H2,1-3H3,(H,12,14). The minimum absolute atomic E-state index is 0.534. The molecule has 0 aromatic rings. The van der Waals surface area contributed by atoms with Gasteiger partial charge in [0.2, 0.25) is 5.91 Å². The second-order valence-corrected chi connectivity index (χ2v) is 3.57. The number of aliphatic hydroxyl groups is 1. The third kappa shape index (κ3) is 3.97. The summed E-state index contributed by atoms with van der Waals surface area (Å²) in [5.74, 6) is -3.80. The maximum atomic E-state index is 12.5. The van der Waals surface area contributed by atoms with Crippen LogP contribution in [0.4, 0.5) is 8.78 Å². The molecule has 0 saturated carbocycles. The van der Waals surface area contributed by atoms with Crippen LogP contribution in [0.25, 0.3) is 0 Å². The molecule has 0 fully saturated rings. The normalized spacial score (nSPS) is 12.7. The smallest absolute Gasteiger partial charge is 0.287 e. The molecule has 0 spiro atoms. The summed E-state index contributed by atoms with van der Waals surface area (Å²) in [6.07, 6.45) is 0. The van der Waals surface area contributed by atoms with Gasteiger partial charge in [-0.25, -0.2) is 8.78 Å². The number of hydrogen-bond acceptors (Lipinski definition) is 3. The predicted octanol–water partition coefficient (Wildman–Crippen LogP) is -0.272. The summed E-state index contributed by atoms with van der Waals surface area (Å²) in [5.41, 5.74) is -0.897. The topological polar surface area (TPSA) is 61.4 Å². The average Bonchev–Trinajstić information content (AvgIpc) is 2.14. The van der Waals surface area contributed by atoms with Crippen molar-refractivity contribution in [3.8, 4) is 0 Å². The molecule has 0 aliphatic carbocycles. The van der Waals surface area contributed by atoms with E-state index in [9.17, 15) is 13.6 Å². The van der Waals surface area contributed by atoms with E-state index in [0.29, 0.717) is 0 Å². The third-order valence-electron chi connectivity index (χ3n) is 1.93. The molecular formula is C8H16F2N2O2. The Hall–Kier alpha value is -0.750. The number of carbonyl (C=O) groups is 1. The van der Waals surface area contributed by atoms with Gasteiger partial charge in [-0.15, -0.1) is 0 Å². The molecule has 6 heteroatoms. The minimum atomic E-state index is -3.26. The van der Waals surface area contributed by atoms with Gasteiger partial charge in [-0.1, -0.05) is 0 Å². The lowest BCUT2D eigenvalue weighted by molar-refractivity contribution is -0.129. The number of likely N-dealkylation sites (N-methyl/N-ethyl adjacent to an activating group) is 1. The van der Waals surface area contributed by atoms with Crippen molar-refractivity contribution in [2.75, 3.05) is 20.2 Å². The van der Waals surface area contributed by atoms with E-state index in [-0.39, 0.29) is 0 Å². The van der Waals surface area contributed by atoms with Gasteiger partial charge >= 0.3 is 0 Å². The van der Waals surface area contributed by atoms with Crippen LogP contribution < -0.4 is 10.6 Å². The Morgan fingerprint density at radius 1 is 1.43 bits per heavy atom. The zero-order valence-corrected chi connectivity index (χ0v) is 8.53. The Morgan fingerprint density at radius 3 is 2.29 bits per heavy atom. The van der Waals surface area contributed by atoms with Crippen LogP contribution in [-0.2, 0) is 4.79 Å². The van der Waals surface area contributed by atoms with Crippen molar-refractivity contribution in [1.82, 2.24) is 10.6 Å². The summed E-state index contributed by atoms with van der Waals surface area (Å²) < 4.78 is 25.0. The summed E-state index contributed by atoms with van der Waals surface area (Å²) in [6.45, 7) is 1.01. The van der Waals surface area contributed by atoms with Gasteiger partial charge in [-0.3, -0.25) is 4.79 Å². The summed E-state index contributed by atoms with van der Waals surface area (Å²) in [4.78, 5) is 11.3. The monoisotopic (exact) mass is 210 g/mol. The zero-order chi connectivity index (χ0) is 11.4. The largest absolute Gasteiger partial charge is 0.390 e. The Labute approximate surface area is 81.7 Å². The van der Waals surface area contributed by atoms with Crippen LogP contribution in [0, 0.1) is 0 Å². The fourth-order valence-electron chi connectivity index (χ4n) is 0.600. The number of rotatable bonds is 5. The maximum absolute atomic E-state index is 12.5. The fourth-order valence-corrected chi connectivity index (χ4v) is 0.600. The van der Waals surface area contributed by atoms with E-state index < -0.39 is 30.5 Å². The maximum Gasteiger partial charge on any atom is 0.287 e. The van der Waals surface area contributed by atoms with Gasteiger partial charge < -0.3 is 15.7 Å². The van der Waals surface area contributed by atoms with Crippen LogP contribution in [-0.4, -0.2) is 42.7 Å². The molecule has 0 heterocycles. The van der Waals surface area contributed by atoms with Crippen LogP contribution in [0.5, 0.6) is 0 Å². The van der Waals surface area contributed by atoms with E-state index in [1.165, 1.54) is 0 Å².